The molecule has 1 unspecified atom stereocenters. The Bertz CT molecular complexity index is 819. The number of aromatic nitrogens is 1. The highest BCUT2D eigenvalue weighted by Crippen LogP contribution is 2.22. The lowest BCUT2D eigenvalue weighted by molar-refractivity contribution is 0.166. The number of methoxy groups -OCH3 is 1. The van der Waals surface area contributed by atoms with Crippen LogP contribution in [0, 0.1) is 12.8 Å². The van der Waals surface area contributed by atoms with Crippen molar-refractivity contribution >= 4 is 5.96 Å². The van der Waals surface area contributed by atoms with Crippen LogP contribution in [0.5, 0.6) is 11.6 Å². The Hall–Kier alpha value is -2.80. The largest absolute Gasteiger partial charge is 0.493 e. The van der Waals surface area contributed by atoms with Crippen LogP contribution in [0.2, 0.25) is 0 Å². The van der Waals surface area contributed by atoms with Gasteiger partial charge in [-0.25, -0.2) is 4.98 Å². The fourth-order valence-electron chi connectivity index (χ4n) is 3.11. The zero-order chi connectivity index (χ0) is 20.5. The first-order chi connectivity index (χ1) is 14.2. The number of hydrogen-bond acceptors (Lipinski definition) is 5. The lowest BCUT2D eigenvalue weighted by atomic mass is 10.1. The van der Waals surface area contributed by atoms with E-state index in [1.165, 1.54) is 5.56 Å². The van der Waals surface area contributed by atoms with Gasteiger partial charge in [-0.15, -0.1) is 0 Å². The topological polar surface area (TPSA) is 77.0 Å². The standard InChI is InChI=1S/C22H30N4O3/c1-16-7-8-18(20(11-16)29-15-17-9-10-28-14-17)12-24-22(23-2)25-13-19-5-4-6-21(26-19)27-3/h4-8,11,17H,9-10,12-15H2,1-3H3,(H2,23,24,25). The maximum atomic E-state index is 6.12. The predicted octanol–water partition coefficient (Wildman–Crippen LogP) is 2.68. The molecule has 1 aliphatic heterocycles. The van der Waals surface area contributed by atoms with Crippen molar-refractivity contribution in [3.63, 3.8) is 0 Å². The first kappa shape index (κ1) is 20.9. The zero-order valence-electron chi connectivity index (χ0n) is 17.4. The number of benzene rings is 1. The molecule has 2 N–H and O–H groups in total. The van der Waals surface area contributed by atoms with Crippen LogP contribution in [0.4, 0.5) is 0 Å². The smallest absolute Gasteiger partial charge is 0.213 e. The van der Waals surface area contributed by atoms with Crippen molar-refractivity contribution in [2.24, 2.45) is 10.9 Å². The van der Waals surface area contributed by atoms with Crippen molar-refractivity contribution in [2.75, 3.05) is 34.0 Å². The van der Waals surface area contributed by atoms with E-state index in [0.717, 1.165) is 36.6 Å². The molecule has 3 rings (SSSR count). The molecule has 1 atom stereocenters. The summed E-state index contributed by atoms with van der Waals surface area (Å²) in [5, 5.41) is 6.63. The Kier molecular flexibility index (Phi) is 7.69. The van der Waals surface area contributed by atoms with Gasteiger partial charge >= 0.3 is 0 Å². The summed E-state index contributed by atoms with van der Waals surface area (Å²) in [6, 6.07) is 12.0. The van der Waals surface area contributed by atoms with Crippen LogP contribution >= 0.6 is 0 Å². The summed E-state index contributed by atoms with van der Waals surface area (Å²) in [5.41, 5.74) is 3.15. The molecule has 156 valence electrons. The van der Waals surface area contributed by atoms with Gasteiger partial charge in [0.2, 0.25) is 5.88 Å². The summed E-state index contributed by atoms with van der Waals surface area (Å²) < 4.78 is 16.7. The molecule has 29 heavy (non-hydrogen) atoms. The van der Waals surface area contributed by atoms with Gasteiger partial charge in [-0.1, -0.05) is 18.2 Å². The highest BCUT2D eigenvalue weighted by Gasteiger charge is 2.17. The molecule has 7 heteroatoms. The van der Waals surface area contributed by atoms with Crippen molar-refractivity contribution in [3.05, 3.63) is 53.2 Å². The number of nitrogens with zero attached hydrogens (tertiary/aromatic N) is 2. The molecule has 7 nitrogen and oxygen atoms in total. The van der Waals surface area contributed by atoms with Gasteiger partial charge in [-0.2, -0.15) is 0 Å². The van der Waals surface area contributed by atoms with E-state index in [0.29, 0.717) is 37.5 Å². The summed E-state index contributed by atoms with van der Waals surface area (Å²) >= 11 is 0. The molecule has 1 aliphatic rings. The van der Waals surface area contributed by atoms with Crippen LogP contribution in [0.3, 0.4) is 0 Å². The fourth-order valence-corrected chi connectivity index (χ4v) is 3.11. The summed E-state index contributed by atoms with van der Waals surface area (Å²) in [5.74, 6) is 2.68. The molecule has 1 aromatic carbocycles. The molecular weight excluding hydrogens is 368 g/mol. The van der Waals surface area contributed by atoms with Gasteiger partial charge in [0.1, 0.15) is 5.75 Å². The molecule has 1 fully saturated rings. The third-order valence-corrected chi connectivity index (χ3v) is 4.82. The summed E-state index contributed by atoms with van der Waals surface area (Å²) in [4.78, 5) is 8.70. The molecule has 1 aromatic heterocycles. The van der Waals surface area contributed by atoms with Gasteiger partial charge in [-0.3, -0.25) is 4.99 Å². The van der Waals surface area contributed by atoms with E-state index >= 15 is 0 Å². The first-order valence-corrected chi connectivity index (χ1v) is 9.92. The van der Waals surface area contributed by atoms with Gasteiger partial charge in [-0.05, 0) is 31.0 Å². The minimum absolute atomic E-state index is 0.473. The minimum Gasteiger partial charge on any atom is -0.493 e. The Morgan fingerprint density at radius 1 is 1.24 bits per heavy atom. The second kappa shape index (κ2) is 10.7. The van der Waals surface area contributed by atoms with Crippen molar-refractivity contribution in [1.29, 1.82) is 0 Å². The molecule has 2 aromatic rings. The van der Waals surface area contributed by atoms with Gasteiger partial charge in [0.15, 0.2) is 5.96 Å². The summed E-state index contributed by atoms with van der Waals surface area (Å²) in [7, 11) is 3.36. The van der Waals surface area contributed by atoms with Crippen LogP contribution < -0.4 is 20.1 Å². The average molecular weight is 399 g/mol. The Morgan fingerprint density at radius 2 is 2.10 bits per heavy atom. The zero-order valence-corrected chi connectivity index (χ0v) is 17.4. The van der Waals surface area contributed by atoms with Crippen LogP contribution in [0.1, 0.15) is 23.2 Å². The monoisotopic (exact) mass is 398 g/mol. The molecular formula is C22H30N4O3. The number of aliphatic imine (C=N–C) groups is 1. The Balaban J connectivity index is 1.55. The number of rotatable bonds is 8. The first-order valence-electron chi connectivity index (χ1n) is 9.92. The maximum Gasteiger partial charge on any atom is 0.213 e. The Morgan fingerprint density at radius 3 is 2.86 bits per heavy atom. The molecule has 0 amide bonds. The molecule has 2 heterocycles. The van der Waals surface area contributed by atoms with E-state index in [-0.39, 0.29) is 0 Å². The maximum absolute atomic E-state index is 6.12. The van der Waals surface area contributed by atoms with E-state index in [2.05, 4.69) is 45.7 Å². The normalized spacial score (nSPS) is 16.5. The molecule has 0 saturated carbocycles. The van der Waals surface area contributed by atoms with E-state index in [4.69, 9.17) is 14.2 Å². The fraction of sp³-hybridized carbons (Fsp3) is 0.455. The third-order valence-electron chi connectivity index (χ3n) is 4.82. The van der Waals surface area contributed by atoms with Crippen LogP contribution in [0.25, 0.3) is 0 Å². The van der Waals surface area contributed by atoms with Gasteiger partial charge < -0.3 is 24.8 Å². The number of aryl methyl sites for hydroxylation is 1. The van der Waals surface area contributed by atoms with Gasteiger partial charge in [0.25, 0.3) is 0 Å². The molecule has 1 saturated heterocycles. The Labute approximate surface area is 172 Å². The lowest BCUT2D eigenvalue weighted by Gasteiger charge is -2.17. The van der Waals surface area contributed by atoms with Crippen molar-refractivity contribution in [1.82, 2.24) is 15.6 Å². The highest BCUT2D eigenvalue weighted by molar-refractivity contribution is 5.79. The SMILES string of the molecule is CN=C(NCc1cccc(OC)n1)NCc1ccc(C)cc1OCC1CCOC1. The number of guanidine groups is 1. The van der Waals surface area contributed by atoms with Gasteiger partial charge in [0, 0.05) is 37.7 Å². The van der Waals surface area contributed by atoms with Crippen molar-refractivity contribution in [2.45, 2.75) is 26.4 Å². The van der Waals surface area contributed by atoms with E-state index < -0.39 is 0 Å². The average Bonchev–Trinajstić information content (AvgIpc) is 3.27. The summed E-state index contributed by atoms with van der Waals surface area (Å²) in [6.07, 6.45) is 1.06. The highest BCUT2D eigenvalue weighted by atomic mass is 16.5. The minimum atomic E-state index is 0.473. The second-order valence-electron chi connectivity index (χ2n) is 7.10. The predicted molar refractivity (Wildman–Crippen MR) is 113 cm³/mol. The second-order valence-corrected chi connectivity index (χ2v) is 7.10. The number of hydrogen-bond donors (Lipinski definition) is 2. The van der Waals surface area contributed by atoms with Gasteiger partial charge in [0.05, 0.1) is 32.6 Å². The number of nitrogens with one attached hydrogen (secondary N) is 2. The third kappa shape index (κ3) is 6.35. The number of pyridine rings is 1. The van der Waals surface area contributed by atoms with Crippen LogP contribution in [0.15, 0.2) is 41.4 Å². The number of ether oxygens (including phenoxy) is 3. The summed E-state index contributed by atoms with van der Waals surface area (Å²) in [6.45, 7) is 5.54. The van der Waals surface area contributed by atoms with Crippen molar-refractivity contribution in [3.8, 4) is 11.6 Å². The quantitative estimate of drug-likeness (QED) is 0.526. The lowest BCUT2D eigenvalue weighted by Crippen LogP contribution is -2.36. The van der Waals surface area contributed by atoms with Crippen LogP contribution in [-0.2, 0) is 17.8 Å². The molecule has 0 bridgehead atoms. The van der Waals surface area contributed by atoms with Crippen molar-refractivity contribution < 1.29 is 14.2 Å². The molecule has 0 spiro atoms. The molecule has 0 aliphatic carbocycles. The van der Waals surface area contributed by atoms with Crippen LogP contribution in [-0.4, -0.2) is 44.9 Å². The van der Waals surface area contributed by atoms with E-state index in [9.17, 15) is 0 Å². The van der Waals surface area contributed by atoms with E-state index in [1.807, 2.05) is 18.2 Å². The van der Waals surface area contributed by atoms with E-state index in [1.54, 1.807) is 14.2 Å². The molecule has 0 radical (unpaired) electrons.